The summed E-state index contributed by atoms with van der Waals surface area (Å²) < 4.78 is 13.4. The van der Waals surface area contributed by atoms with Crippen molar-refractivity contribution in [2.45, 2.75) is 44.2 Å². The molecule has 0 unspecified atom stereocenters. The maximum absolute atomic E-state index is 13.4. The summed E-state index contributed by atoms with van der Waals surface area (Å²) in [5.74, 6) is 0.0794. The molecule has 0 bridgehead atoms. The van der Waals surface area contributed by atoms with Crippen LogP contribution in [0.3, 0.4) is 0 Å². The van der Waals surface area contributed by atoms with Crippen LogP contribution in [0, 0.1) is 12.7 Å². The smallest absolute Gasteiger partial charge is 0.333 e. The lowest BCUT2D eigenvalue weighted by atomic mass is 9.78. The van der Waals surface area contributed by atoms with Crippen molar-refractivity contribution in [3.63, 3.8) is 0 Å². The summed E-state index contributed by atoms with van der Waals surface area (Å²) in [7, 11) is 0. The Bertz CT molecular complexity index is 760. The van der Waals surface area contributed by atoms with E-state index in [9.17, 15) is 14.3 Å². The summed E-state index contributed by atoms with van der Waals surface area (Å²) in [5, 5.41) is 21.4. The molecule has 1 aromatic heterocycles. The van der Waals surface area contributed by atoms with Crippen molar-refractivity contribution in [2.24, 2.45) is 0 Å². The molecule has 2 aromatic rings. The number of halogens is 1. The van der Waals surface area contributed by atoms with Gasteiger partial charge in [0.2, 0.25) is 0 Å². The third-order valence-corrected chi connectivity index (χ3v) is 4.61. The Labute approximate surface area is 151 Å². The minimum Gasteiger partial charge on any atom is -0.385 e. The van der Waals surface area contributed by atoms with Gasteiger partial charge in [-0.05, 0) is 62.4 Å². The van der Waals surface area contributed by atoms with Gasteiger partial charge in [0.25, 0.3) is 0 Å². The second kappa shape index (κ2) is 7.65. The summed E-state index contributed by atoms with van der Waals surface area (Å²) in [5.41, 5.74) is 5.51. The van der Waals surface area contributed by atoms with Gasteiger partial charge < -0.3 is 10.4 Å². The van der Waals surface area contributed by atoms with E-state index >= 15 is 0 Å². The van der Waals surface area contributed by atoms with Crippen LogP contribution in [0.5, 0.6) is 0 Å². The molecule has 3 rings (SSSR count). The molecule has 26 heavy (non-hydrogen) atoms. The number of amides is 2. The van der Waals surface area contributed by atoms with E-state index in [0.717, 1.165) is 5.69 Å². The zero-order chi connectivity index (χ0) is 18.6. The van der Waals surface area contributed by atoms with Crippen LogP contribution in [0.15, 0.2) is 36.4 Å². The highest BCUT2D eigenvalue weighted by Crippen LogP contribution is 2.37. The van der Waals surface area contributed by atoms with Crippen molar-refractivity contribution in [1.82, 2.24) is 20.9 Å². The SMILES string of the molecule is Cc1ccc(NNC(=O)NC2CCC(O)(c3cccc(F)c3)CC2)nn1. The minimum atomic E-state index is -1.05. The molecule has 0 spiro atoms. The molecule has 1 fully saturated rings. The molecule has 0 aliphatic heterocycles. The maximum Gasteiger partial charge on any atom is 0.333 e. The summed E-state index contributed by atoms with van der Waals surface area (Å²) in [6, 6.07) is 9.10. The van der Waals surface area contributed by atoms with Gasteiger partial charge in [-0.15, -0.1) is 5.10 Å². The molecule has 1 aliphatic carbocycles. The minimum absolute atomic E-state index is 0.0604. The number of nitrogens with zero attached hydrogens (tertiary/aromatic N) is 2. The van der Waals surface area contributed by atoms with Crippen LogP contribution in [0.1, 0.15) is 36.9 Å². The van der Waals surface area contributed by atoms with Crippen LogP contribution < -0.4 is 16.2 Å². The molecule has 2 amide bonds. The van der Waals surface area contributed by atoms with Crippen LogP contribution >= 0.6 is 0 Å². The first kappa shape index (κ1) is 18.1. The van der Waals surface area contributed by atoms with Gasteiger partial charge in [-0.25, -0.2) is 9.18 Å². The largest absolute Gasteiger partial charge is 0.385 e. The van der Waals surface area contributed by atoms with E-state index in [-0.39, 0.29) is 17.9 Å². The first-order valence-electron chi connectivity index (χ1n) is 8.56. The number of aryl methyl sites for hydroxylation is 1. The summed E-state index contributed by atoms with van der Waals surface area (Å²) >= 11 is 0. The molecule has 1 aliphatic rings. The zero-order valence-corrected chi connectivity index (χ0v) is 14.5. The third-order valence-electron chi connectivity index (χ3n) is 4.61. The Kier molecular flexibility index (Phi) is 5.32. The molecule has 138 valence electrons. The Hall–Kier alpha value is -2.74. The molecule has 0 saturated heterocycles. The van der Waals surface area contributed by atoms with Crippen LogP contribution in [0.4, 0.5) is 15.0 Å². The van der Waals surface area contributed by atoms with Gasteiger partial charge in [-0.2, -0.15) is 5.10 Å². The van der Waals surface area contributed by atoms with Crippen molar-refractivity contribution in [3.8, 4) is 0 Å². The Balaban J connectivity index is 1.47. The van der Waals surface area contributed by atoms with Gasteiger partial charge in [-0.3, -0.25) is 10.9 Å². The number of hydrogen-bond donors (Lipinski definition) is 4. The second-order valence-corrected chi connectivity index (χ2v) is 6.60. The van der Waals surface area contributed by atoms with Gasteiger partial charge >= 0.3 is 6.03 Å². The number of aromatic nitrogens is 2. The lowest BCUT2D eigenvalue weighted by Crippen LogP contribution is -2.47. The molecule has 4 N–H and O–H groups in total. The fourth-order valence-corrected chi connectivity index (χ4v) is 3.11. The molecule has 0 radical (unpaired) electrons. The first-order chi connectivity index (χ1) is 12.4. The van der Waals surface area contributed by atoms with Crippen molar-refractivity contribution in [1.29, 1.82) is 0 Å². The van der Waals surface area contributed by atoms with Crippen LogP contribution in [-0.4, -0.2) is 27.4 Å². The van der Waals surface area contributed by atoms with E-state index in [4.69, 9.17) is 0 Å². The Morgan fingerprint density at radius 1 is 1.23 bits per heavy atom. The van der Waals surface area contributed by atoms with Crippen LogP contribution in [-0.2, 0) is 5.60 Å². The predicted molar refractivity (Wildman–Crippen MR) is 94.6 cm³/mol. The highest BCUT2D eigenvalue weighted by molar-refractivity contribution is 5.75. The molecular weight excluding hydrogens is 337 g/mol. The number of hydrazine groups is 1. The number of carbonyl (C=O) groups excluding carboxylic acids is 1. The quantitative estimate of drug-likeness (QED) is 0.628. The van der Waals surface area contributed by atoms with Gasteiger partial charge in [0.15, 0.2) is 5.82 Å². The van der Waals surface area contributed by atoms with E-state index < -0.39 is 5.60 Å². The molecule has 7 nitrogen and oxygen atoms in total. The molecule has 1 heterocycles. The maximum atomic E-state index is 13.4. The number of anilines is 1. The fourth-order valence-electron chi connectivity index (χ4n) is 3.11. The molecule has 1 aromatic carbocycles. The van der Waals surface area contributed by atoms with E-state index in [1.54, 1.807) is 24.3 Å². The van der Waals surface area contributed by atoms with Gasteiger partial charge in [-0.1, -0.05) is 12.1 Å². The van der Waals surface area contributed by atoms with Crippen LogP contribution in [0.25, 0.3) is 0 Å². The molecule has 8 heteroatoms. The number of aliphatic hydroxyl groups is 1. The lowest BCUT2D eigenvalue weighted by Gasteiger charge is -2.36. The number of rotatable bonds is 4. The van der Waals surface area contributed by atoms with E-state index in [0.29, 0.717) is 37.1 Å². The number of urea groups is 1. The number of carbonyl (C=O) groups is 1. The van der Waals surface area contributed by atoms with Crippen molar-refractivity contribution in [3.05, 3.63) is 53.5 Å². The van der Waals surface area contributed by atoms with Gasteiger partial charge in [0.1, 0.15) is 5.82 Å². The molecule has 1 saturated carbocycles. The van der Waals surface area contributed by atoms with Crippen molar-refractivity contribution < 1.29 is 14.3 Å². The summed E-state index contributed by atoms with van der Waals surface area (Å²) in [6.45, 7) is 1.82. The normalized spacial score (nSPS) is 22.5. The highest BCUT2D eigenvalue weighted by Gasteiger charge is 2.35. The number of benzene rings is 1. The monoisotopic (exact) mass is 359 g/mol. The average molecular weight is 359 g/mol. The fraction of sp³-hybridized carbons (Fsp3) is 0.389. The second-order valence-electron chi connectivity index (χ2n) is 6.60. The third kappa shape index (κ3) is 4.45. The van der Waals surface area contributed by atoms with E-state index in [2.05, 4.69) is 26.4 Å². The van der Waals surface area contributed by atoms with E-state index in [1.807, 2.05) is 6.92 Å². The van der Waals surface area contributed by atoms with Crippen molar-refractivity contribution >= 4 is 11.8 Å². The Morgan fingerprint density at radius 3 is 2.65 bits per heavy atom. The Morgan fingerprint density at radius 2 is 2.00 bits per heavy atom. The number of nitrogens with one attached hydrogen (secondary N) is 3. The first-order valence-corrected chi connectivity index (χ1v) is 8.56. The standard InChI is InChI=1S/C18H22FN5O2/c1-12-5-6-16(22-21-12)23-24-17(25)20-15-7-9-18(26,10-8-15)13-3-2-4-14(19)11-13/h2-6,11,15,26H,7-10H2,1H3,(H,22,23)(H2,20,24,25). The molecule has 0 atom stereocenters. The zero-order valence-electron chi connectivity index (χ0n) is 14.5. The van der Waals surface area contributed by atoms with Crippen LogP contribution in [0.2, 0.25) is 0 Å². The summed E-state index contributed by atoms with van der Waals surface area (Å²) in [6.07, 6.45) is 2.12. The summed E-state index contributed by atoms with van der Waals surface area (Å²) in [4.78, 5) is 12.0. The van der Waals surface area contributed by atoms with Gasteiger partial charge in [0.05, 0.1) is 11.3 Å². The average Bonchev–Trinajstić information content (AvgIpc) is 2.63. The lowest BCUT2D eigenvalue weighted by molar-refractivity contribution is -0.00754. The van der Waals surface area contributed by atoms with Crippen molar-refractivity contribution in [2.75, 3.05) is 5.43 Å². The highest BCUT2D eigenvalue weighted by atomic mass is 19.1. The predicted octanol–water partition coefficient (Wildman–Crippen LogP) is 2.38. The van der Waals surface area contributed by atoms with Gasteiger partial charge in [0, 0.05) is 6.04 Å². The molecular formula is C18H22FN5O2. The topological polar surface area (TPSA) is 99.2 Å². The van der Waals surface area contributed by atoms with E-state index in [1.165, 1.54) is 12.1 Å². The number of hydrogen-bond acceptors (Lipinski definition) is 5.